The van der Waals surface area contributed by atoms with Crippen molar-refractivity contribution in [3.8, 4) is 0 Å². The quantitative estimate of drug-likeness (QED) is 0.332. The van der Waals surface area contributed by atoms with Gasteiger partial charge in [-0.05, 0) is 44.9 Å². The van der Waals surface area contributed by atoms with Gasteiger partial charge >= 0.3 is 6.09 Å². The Labute approximate surface area is 736 Å². The number of hydrogen-bond donors (Lipinski definition) is 1. The molecule has 5 nitrogen and oxygen atoms in total. The number of aliphatic imine (C=N–C) groups is 1. The Kier molecular flexibility index (Phi) is 62.0. The molecule has 1 heterocycles. The Morgan fingerprint density at radius 1 is 0.285 bits per heavy atom. The van der Waals surface area contributed by atoms with Crippen molar-refractivity contribution in [2.24, 2.45) is 4.99 Å². The molecule has 5 heteroatoms. The summed E-state index contributed by atoms with van der Waals surface area (Å²) in [5.41, 5.74) is 3.94. The molecule has 0 spiro atoms. The Bertz CT molecular complexity index is 5090. The SMILES string of the molecule is CC(C)(C)OC(=O)Nc1cccc2c1N=C1C=C(OCc3ccccc3)/C=C/C/C=C/C=C/C=C/C=C/C=C/C=C/C=C/C=C/C=C/C=C\C=C/C=C/C=C/C=C\C=C/C=C/C=C/C=C/C=C/C=C/C=C/C=CC=C/C=C/C=C/C=C/C=C/C=C/C=C/C=C\C=C/C=C/C=C/C=C/C=C\C=C/C=C/C=C/C=C/C=C/C=C/C=C/C=C/C=C/C=C/C=C/C=C12. The maximum Gasteiger partial charge on any atom is 0.412 e. The molecule has 1 aliphatic heterocycles. The van der Waals surface area contributed by atoms with Crippen LogP contribution in [0.25, 0.3) is 5.57 Å². The summed E-state index contributed by atoms with van der Waals surface area (Å²) in [6.45, 7) is 5.87. The molecule has 0 fully saturated rings. The van der Waals surface area contributed by atoms with Crippen molar-refractivity contribution in [1.82, 2.24) is 0 Å². The fraction of sp³-hybridized carbons (Fsp3) is 0.0508. The third-order valence-corrected chi connectivity index (χ3v) is 15.0. The number of para-hydroxylation sites is 1. The molecule has 2 aromatic carbocycles. The van der Waals surface area contributed by atoms with Crippen LogP contribution in [0.3, 0.4) is 0 Å². The second-order valence-corrected chi connectivity index (χ2v) is 26.1. The number of nitrogens with one attached hydrogen (secondary N) is 1. The minimum atomic E-state index is -0.676. The molecule has 618 valence electrons. The third-order valence-electron chi connectivity index (χ3n) is 15.0. The molecule has 2 aromatic rings. The molecular formula is C118H118N2O3. The minimum absolute atomic E-state index is 0.363. The van der Waals surface area contributed by atoms with E-state index in [-0.39, 0.29) is 0 Å². The average Bonchev–Trinajstić information content (AvgIpc) is 1.63. The third kappa shape index (κ3) is 63.3. The summed E-state index contributed by atoms with van der Waals surface area (Å²) in [6, 6.07) is 15.8. The first-order valence-corrected chi connectivity index (χ1v) is 41.0. The number of anilines is 1. The van der Waals surface area contributed by atoms with Gasteiger partial charge in [0.1, 0.15) is 18.0 Å². The summed E-state index contributed by atoms with van der Waals surface area (Å²) in [7, 11) is 0. The summed E-state index contributed by atoms with van der Waals surface area (Å²) < 4.78 is 12.1. The summed E-state index contributed by atoms with van der Waals surface area (Å²) in [4.78, 5) is 18.2. The molecule has 1 N–H and O–H groups in total. The van der Waals surface area contributed by atoms with Crippen LogP contribution in [0.5, 0.6) is 0 Å². The zero-order valence-corrected chi connectivity index (χ0v) is 71.1. The fourth-order valence-electron chi connectivity index (χ4n) is 9.29. The van der Waals surface area contributed by atoms with Crippen molar-refractivity contribution in [3.05, 3.63) is 649 Å². The summed E-state index contributed by atoms with van der Waals surface area (Å²) >= 11 is 0. The first-order chi connectivity index (χ1) is 60.9. The van der Waals surface area contributed by atoms with Crippen molar-refractivity contribution in [3.63, 3.8) is 0 Å². The highest BCUT2D eigenvalue weighted by Crippen LogP contribution is 2.41. The van der Waals surface area contributed by atoms with Gasteiger partial charge in [-0.2, -0.15) is 0 Å². The van der Waals surface area contributed by atoms with E-state index in [1.54, 1.807) is 0 Å². The van der Waals surface area contributed by atoms with Crippen molar-refractivity contribution < 1.29 is 14.3 Å². The van der Waals surface area contributed by atoms with E-state index >= 15 is 0 Å². The lowest BCUT2D eigenvalue weighted by molar-refractivity contribution is 0.0636. The molecule has 0 saturated carbocycles. The van der Waals surface area contributed by atoms with Crippen molar-refractivity contribution in [2.45, 2.75) is 39.4 Å². The van der Waals surface area contributed by atoms with E-state index in [9.17, 15) is 4.79 Å². The zero-order chi connectivity index (χ0) is 86.9. The summed E-state index contributed by atoms with van der Waals surface area (Å²) in [5, 5.41) is 2.93. The molecule has 0 atom stereocenters. The molecule has 0 saturated heterocycles. The number of ether oxygens (including phenoxy) is 2. The van der Waals surface area contributed by atoms with E-state index in [4.69, 9.17) is 14.5 Å². The zero-order valence-electron chi connectivity index (χ0n) is 71.1. The monoisotopic (exact) mass is 1610 g/mol. The first kappa shape index (κ1) is 99.8. The number of allylic oxidation sites excluding steroid dienone is 97. The summed E-state index contributed by atoms with van der Waals surface area (Å²) in [5.74, 6) is 0.631. The Morgan fingerprint density at radius 3 is 0.764 bits per heavy atom. The topological polar surface area (TPSA) is 59.9 Å². The van der Waals surface area contributed by atoms with E-state index < -0.39 is 11.7 Å². The normalized spacial score (nSPS) is 27.4. The average molecular weight is 1610 g/mol. The Balaban J connectivity index is 1.34. The molecular weight excluding hydrogens is 1490 g/mol. The van der Waals surface area contributed by atoms with Crippen LogP contribution in [0.2, 0.25) is 0 Å². The predicted octanol–water partition coefficient (Wildman–Crippen LogP) is 32.1. The van der Waals surface area contributed by atoms with Gasteiger partial charge < -0.3 is 9.47 Å². The number of amides is 1. The lowest BCUT2D eigenvalue weighted by Crippen LogP contribution is -2.27. The lowest BCUT2D eigenvalue weighted by Gasteiger charge is -2.20. The molecule has 4 rings (SSSR count). The Morgan fingerprint density at radius 2 is 0.520 bits per heavy atom. The largest absolute Gasteiger partial charge is 0.489 e. The van der Waals surface area contributed by atoms with Gasteiger partial charge in [0.25, 0.3) is 0 Å². The van der Waals surface area contributed by atoms with Crippen molar-refractivity contribution >= 4 is 28.8 Å². The van der Waals surface area contributed by atoms with E-state index in [0.29, 0.717) is 35.9 Å². The van der Waals surface area contributed by atoms with E-state index in [2.05, 4.69) is 17.5 Å². The van der Waals surface area contributed by atoms with Gasteiger partial charge in [-0.25, -0.2) is 9.79 Å². The van der Waals surface area contributed by atoms with Gasteiger partial charge in [-0.15, -0.1) is 0 Å². The van der Waals surface area contributed by atoms with Crippen LogP contribution in [0.1, 0.15) is 38.3 Å². The van der Waals surface area contributed by atoms with E-state index in [1.165, 1.54) is 0 Å². The van der Waals surface area contributed by atoms with Crippen molar-refractivity contribution in [2.75, 3.05) is 5.32 Å². The highest BCUT2D eigenvalue weighted by atomic mass is 16.6. The van der Waals surface area contributed by atoms with Gasteiger partial charge in [0.15, 0.2) is 0 Å². The van der Waals surface area contributed by atoms with Gasteiger partial charge in [0.2, 0.25) is 0 Å². The second-order valence-electron chi connectivity index (χ2n) is 26.1. The number of rotatable bonds is 4. The maximum atomic E-state index is 13.1. The summed E-state index contributed by atoms with van der Waals surface area (Å²) in [6.07, 6.45) is 192. The number of benzene rings is 2. The van der Waals surface area contributed by atoms with Gasteiger partial charge in [-0.3, -0.25) is 5.32 Å². The first-order valence-electron chi connectivity index (χ1n) is 41.0. The maximum absolute atomic E-state index is 13.1. The number of fused-ring (bicyclic) bond motifs is 3. The highest BCUT2D eigenvalue weighted by molar-refractivity contribution is 6.35. The standard InChI is InChI=1S/C118H118N2O3/c1-118(2,3)123-117(121)120-114-107-101-106-113-112-105-100-95-93-91-89-87-85-83-81-79-77-75-73-71-69-67-65-63-61-59-57-55-53-51-49-47-45-43-41-39-37-35-33-31-29-27-25-23-21-19-17-15-13-11-9-7-5-4-6-8-10-12-14-16-18-20-22-24-26-28-30-32-34-36-38-40-42-44-46-48-50-52-54-56-58-60-62-64-66-68-70-72-74-76-78-80-82-84-86-88-90-92-94-99-104-111(108-115(112)119-116(113)114)122-109-110-102-97-96-98-103-110/h4-93,95-108H,94,109H2,1-3H3,(H,120,121)/b5-4?,8-6?,9-7+,12-10+,13-11+,16-14+,17-15+,20-18+,21-19+,24-22+,25-23+,28-26+,29-27+,32-30+,33-31-,36-34-,37-35-,40-38-,41-39+,44-42+,45-43+,48-46+,49-47+,52-50-,53-51-,56-54-,57-55-,60-58+,61-59+,64-62+,65-63+,68-66+,69-67+,72-70+,73-71+,76-74+,77-75+,80-78+,81-79+,84-82+,85-83+,88-86+,89-87+,92-90+,93-91+,100-95+,104-99+,111-108?,112-105?. The van der Waals surface area contributed by atoms with Crippen LogP contribution in [-0.2, 0) is 16.1 Å². The van der Waals surface area contributed by atoms with Crippen LogP contribution in [0, 0.1) is 0 Å². The van der Waals surface area contributed by atoms with Crippen LogP contribution in [0.15, 0.2) is 643 Å². The van der Waals surface area contributed by atoms with E-state index in [0.717, 1.165) is 16.7 Å². The molecule has 0 aromatic heterocycles. The highest BCUT2D eigenvalue weighted by Gasteiger charge is 2.24. The smallest absolute Gasteiger partial charge is 0.412 e. The number of nitrogens with zero attached hydrogens (tertiary/aromatic N) is 1. The van der Waals surface area contributed by atoms with Crippen molar-refractivity contribution in [1.29, 1.82) is 0 Å². The van der Waals surface area contributed by atoms with Crippen LogP contribution < -0.4 is 5.32 Å². The minimum Gasteiger partial charge on any atom is -0.489 e. The molecule has 123 heavy (non-hydrogen) atoms. The van der Waals surface area contributed by atoms with Crippen LogP contribution >= 0.6 is 0 Å². The van der Waals surface area contributed by atoms with Gasteiger partial charge in [-0.1, -0.05) is 614 Å². The predicted molar refractivity (Wildman–Crippen MR) is 545 cm³/mol. The molecule has 0 radical (unpaired) electrons. The van der Waals surface area contributed by atoms with Gasteiger partial charge in [0, 0.05) is 17.2 Å². The van der Waals surface area contributed by atoms with E-state index in [1.807, 2.05) is 640 Å². The van der Waals surface area contributed by atoms with Gasteiger partial charge in [0.05, 0.1) is 17.1 Å². The second kappa shape index (κ2) is 76.4. The van der Waals surface area contributed by atoms with Crippen LogP contribution in [0.4, 0.5) is 16.2 Å². The molecule has 1 amide bonds. The fourth-order valence-corrected chi connectivity index (χ4v) is 9.29. The van der Waals surface area contributed by atoms with Crippen LogP contribution in [-0.4, -0.2) is 17.4 Å². The Hall–Kier alpha value is -15.6. The number of carbonyl (C=O) groups excluding carboxylic acids is 1. The number of hydrogen-bond acceptors (Lipinski definition) is 4. The molecule has 0 unspecified atom stereocenters. The lowest BCUT2D eigenvalue weighted by atomic mass is 10.0. The molecule has 0 bridgehead atoms. The molecule has 1 aliphatic carbocycles. The number of carbonyl (C=O) groups is 1. The molecule has 2 aliphatic rings.